The molecule has 0 atom stereocenters. The number of benzene rings is 2. The van der Waals surface area contributed by atoms with Crippen LogP contribution in [0.15, 0.2) is 36.4 Å². The van der Waals surface area contributed by atoms with Crippen LogP contribution in [0.4, 0.5) is 0 Å². The van der Waals surface area contributed by atoms with E-state index in [2.05, 4.69) is 0 Å². The highest BCUT2D eigenvalue weighted by Crippen LogP contribution is 2.28. The van der Waals surface area contributed by atoms with Gasteiger partial charge in [0, 0.05) is 13.0 Å². The minimum Gasteiger partial charge on any atom is -0.493 e. The largest absolute Gasteiger partial charge is 0.493 e. The van der Waals surface area contributed by atoms with Crippen molar-refractivity contribution < 1.29 is 23.9 Å². The lowest BCUT2D eigenvalue weighted by molar-refractivity contribution is -0.134. The van der Waals surface area contributed by atoms with Crippen molar-refractivity contribution >= 4 is 17.8 Å². The fraction of sp³-hybridized carbons (Fsp3) is 0.286. The Kier molecular flexibility index (Phi) is 5.26. The number of rotatable bonds is 6. The van der Waals surface area contributed by atoms with Crippen molar-refractivity contribution in [3.63, 3.8) is 0 Å². The minimum absolute atomic E-state index is 0.0868. The fourth-order valence-electron chi connectivity index (χ4n) is 3.02. The van der Waals surface area contributed by atoms with Crippen molar-refractivity contribution in [1.29, 1.82) is 0 Å². The van der Waals surface area contributed by atoms with Gasteiger partial charge in [0.05, 0.1) is 18.2 Å². The topological polar surface area (TPSA) is 72.9 Å². The van der Waals surface area contributed by atoms with Crippen LogP contribution in [0.5, 0.6) is 11.5 Å². The highest BCUT2D eigenvalue weighted by molar-refractivity contribution is 6.21. The zero-order chi connectivity index (χ0) is 19.6. The van der Waals surface area contributed by atoms with E-state index in [-0.39, 0.29) is 24.8 Å². The zero-order valence-electron chi connectivity index (χ0n) is 15.6. The molecule has 0 N–H and O–H groups in total. The molecule has 0 saturated heterocycles. The normalized spacial score (nSPS) is 12.9. The van der Waals surface area contributed by atoms with E-state index in [4.69, 9.17) is 9.47 Å². The molecule has 27 heavy (non-hydrogen) atoms. The first kappa shape index (κ1) is 18.6. The van der Waals surface area contributed by atoms with Gasteiger partial charge in [-0.3, -0.25) is 19.3 Å². The lowest BCUT2D eigenvalue weighted by Crippen LogP contribution is -2.31. The predicted octanol–water partition coefficient (Wildman–Crippen LogP) is 3.29. The van der Waals surface area contributed by atoms with Gasteiger partial charge in [0.1, 0.15) is 0 Å². The fourth-order valence-corrected chi connectivity index (χ4v) is 3.02. The van der Waals surface area contributed by atoms with Crippen molar-refractivity contribution in [3.8, 4) is 11.5 Å². The Morgan fingerprint density at radius 1 is 0.926 bits per heavy atom. The van der Waals surface area contributed by atoms with Gasteiger partial charge in [0.25, 0.3) is 11.8 Å². The molecular formula is C21H21NO5. The van der Waals surface area contributed by atoms with Crippen LogP contribution in [0.2, 0.25) is 0 Å². The number of imide groups is 1. The van der Waals surface area contributed by atoms with Gasteiger partial charge >= 0.3 is 5.97 Å². The van der Waals surface area contributed by atoms with E-state index in [0.717, 1.165) is 11.1 Å². The number of amides is 2. The third-order valence-electron chi connectivity index (χ3n) is 4.43. The molecule has 0 spiro atoms. The van der Waals surface area contributed by atoms with Crippen molar-refractivity contribution in [2.45, 2.75) is 26.7 Å². The first-order chi connectivity index (χ1) is 12.9. The number of hydrogen-bond acceptors (Lipinski definition) is 5. The highest BCUT2D eigenvalue weighted by Gasteiger charge is 2.35. The molecule has 1 aliphatic heterocycles. The average molecular weight is 367 g/mol. The van der Waals surface area contributed by atoms with Gasteiger partial charge in [-0.2, -0.15) is 0 Å². The summed E-state index contributed by atoms with van der Waals surface area (Å²) in [5.74, 6) is -0.233. The Morgan fingerprint density at radius 3 is 2.33 bits per heavy atom. The molecule has 1 heterocycles. The number of hydrogen-bond donors (Lipinski definition) is 0. The van der Waals surface area contributed by atoms with Gasteiger partial charge in [-0.1, -0.05) is 17.7 Å². The summed E-state index contributed by atoms with van der Waals surface area (Å²) >= 11 is 0. The summed E-state index contributed by atoms with van der Waals surface area (Å²) in [6, 6.07) is 10.5. The summed E-state index contributed by atoms with van der Waals surface area (Å²) in [7, 11) is 1.51. The molecule has 1 aliphatic rings. The minimum atomic E-state index is -0.440. The molecule has 6 heteroatoms. The maximum atomic E-state index is 12.4. The summed E-state index contributed by atoms with van der Waals surface area (Å²) in [5.41, 5.74) is 2.75. The Balaban J connectivity index is 1.57. The maximum absolute atomic E-state index is 12.4. The molecule has 0 bridgehead atoms. The maximum Gasteiger partial charge on any atom is 0.311 e. The standard InChI is InChI=1S/C21H21NO5/c1-13-6-8-15-16(11-13)21(25)22(20(15)24)10-4-5-19(23)27-17-9-7-14(2)12-18(17)26-3/h6-9,11-12H,4-5,10H2,1-3H3. The summed E-state index contributed by atoms with van der Waals surface area (Å²) in [4.78, 5) is 38.1. The van der Waals surface area contributed by atoms with E-state index in [1.165, 1.54) is 12.0 Å². The Hall–Kier alpha value is -3.15. The molecule has 140 valence electrons. The van der Waals surface area contributed by atoms with Crippen LogP contribution in [0.25, 0.3) is 0 Å². The van der Waals surface area contributed by atoms with Gasteiger partial charge in [-0.05, 0) is 50.1 Å². The molecule has 3 rings (SSSR count). The highest BCUT2D eigenvalue weighted by atomic mass is 16.6. The number of esters is 1. The van der Waals surface area contributed by atoms with Crippen LogP contribution in [0.3, 0.4) is 0 Å². The van der Waals surface area contributed by atoms with Crippen LogP contribution in [0, 0.1) is 13.8 Å². The molecule has 2 amide bonds. The molecule has 2 aromatic rings. The second-order valence-corrected chi connectivity index (χ2v) is 6.54. The summed E-state index contributed by atoms with van der Waals surface area (Å²) < 4.78 is 10.5. The lowest BCUT2D eigenvalue weighted by Gasteiger charge is -2.13. The van der Waals surface area contributed by atoms with E-state index < -0.39 is 5.97 Å². The second-order valence-electron chi connectivity index (χ2n) is 6.54. The van der Waals surface area contributed by atoms with Crippen molar-refractivity contribution in [2.75, 3.05) is 13.7 Å². The molecule has 2 aromatic carbocycles. The number of ether oxygens (including phenoxy) is 2. The van der Waals surface area contributed by atoms with Gasteiger partial charge in [0.15, 0.2) is 11.5 Å². The first-order valence-electron chi connectivity index (χ1n) is 8.73. The summed E-state index contributed by atoms with van der Waals surface area (Å²) in [5, 5.41) is 0. The molecule has 0 aromatic heterocycles. The predicted molar refractivity (Wildman–Crippen MR) is 99.1 cm³/mol. The van der Waals surface area contributed by atoms with Crippen molar-refractivity contribution in [2.24, 2.45) is 0 Å². The number of carbonyl (C=O) groups excluding carboxylic acids is 3. The van der Waals surface area contributed by atoms with Crippen LogP contribution in [-0.2, 0) is 4.79 Å². The molecule has 0 aliphatic carbocycles. The van der Waals surface area contributed by atoms with Gasteiger partial charge in [0.2, 0.25) is 0 Å². The van der Waals surface area contributed by atoms with Crippen LogP contribution in [-0.4, -0.2) is 36.3 Å². The number of methoxy groups -OCH3 is 1. The molecule has 0 radical (unpaired) electrons. The number of fused-ring (bicyclic) bond motifs is 1. The molecular weight excluding hydrogens is 346 g/mol. The zero-order valence-corrected chi connectivity index (χ0v) is 15.6. The quantitative estimate of drug-likeness (QED) is 0.445. The first-order valence-corrected chi connectivity index (χ1v) is 8.73. The average Bonchev–Trinajstić information content (AvgIpc) is 2.87. The van der Waals surface area contributed by atoms with E-state index in [9.17, 15) is 14.4 Å². The molecule has 0 unspecified atom stereocenters. The van der Waals surface area contributed by atoms with Crippen LogP contribution >= 0.6 is 0 Å². The van der Waals surface area contributed by atoms with Crippen LogP contribution in [0.1, 0.15) is 44.7 Å². The molecule has 0 fully saturated rings. The van der Waals surface area contributed by atoms with E-state index in [1.54, 1.807) is 30.3 Å². The third kappa shape index (κ3) is 3.84. The van der Waals surface area contributed by atoms with Crippen molar-refractivity contribution in [3.05, 3.63) is 58.7 Å². The Bertz CT molecular complexity index is 919. The van der Waals surface area contributed by atoms with Gasteiger partial charge < -0.3 is 9.47 Å². The smallest absolute Gasteiger partial charge is 0.311 e. The monoisotopic (exact) mass is 367 g/mol. The SMILES string of the molecule is COc1cc(C)ccc1OC(=O)CCCN1C(=O)c2ccc(C)cc2C1=O. The number of nitrogens with zero attached hydrogens (tertiary/aromatic N) is 1. The van der Waals surface area contributed by atoms with Gasteiger partial charge in [-0.25, -0.2) is 0 Å². The van der Waals surface area contributed by atoms with E-state index in [0.29, 0.717) is 29.0 Å². The second kappa shape index (κ2) is 7.61. The van der Waals surface area contributed by atoms with Crippen LogP contribution < -0.4 is 9.47 Å². The van der Waals surface area contributed by atoms with E-state index >= 15 is 0 Å². The number of aryl methyl sites for hydroxylation is 2. The van der Waals surface area contributed by atoms with E-state index in [1.807, 2.05) is 19.9 Å². The number of carbonyl (C=O) groups is 3. The third-order valence-corrected chi connectivity index (χ3v) is 4.43. The van der Waals surface area contributed by atoms with Gasteiger partial charge in [-0.15, -0.1) is 0 Å². The summed E-state index contributed by atoms with van der Waals surface area (Å²) in [6.07, 6.45) is 0.418. The Morgan fingerprint density at radius 2 is 1.59 bits per heavy atom. The van der Waals surface area contributed by atoms with Crippen molar-refractivity contribution in [1.82, 2.24) is 4.90 Å². The Labute approximate surface area is 157 Å². The lowest BCUT2D eigenvalue weighted by atomic mass is 10.1. The summed E-state index contributed by atoms with van der Waals surface area (Å²) in [6.45, 7) is 3.96. The molecule has 6 nitrogen and oxygen atoms in total. The molecule has 0 saturated carbocycles.